The maximum Gasteiger partial charge on any atom is 0.155 e. The summed E-state index contributed by atoms with van der Waals surface area (Å²) in [5, 5.41) is 0. The Morgan fingerprint density at radius 2 is 2.08 bits per heavy atom. The van der Waals surface area contributed by atoms with Crippen LogP contribution in [0.1, 0.15) is 19.8 Å². The Labute approximate surface area is 79.0 Å². The van der Waals surface area contributed by atoms with Crippen LogP contribution < -0.4 is 0 Å². The summed E-state index contributed by atoms with van der Waals surface area (Å²) in [6.07, 6.45) is 2.62. The van der Waals surface area contributed by atoms with Gasteiger partial charge in [0.1, 0.15) is 5.60 Å². The highest BCUT2D eigenvalue weighted by atomic mass is 16.7. The number of ether oxygens (including phenoxy) is 2. The Morgan fingerprint density at radius 3 is 2.54 bits per heavy atom. The zero-order chi connectivity index (χ0) is 8.89. The summed E-state index contributed by atoms with van der Waals surface area (Å²) in [5.41, 5.74) is 0.0654. The fraction of sp³-hybridized carbons (Fsp3) is 1.00. The molecule has 4 saturated heterocycles. The van der Waals surface area contributed by atoms with Crippen LogP contribution in [0.5, 0.6) is 0 Å². The molecule has 3 heteroatoms. The molecule has 4 rings (SSSR count). The Hall–Kier alpha value is -0.120. The van der Waals surface area contributed by atoms with E-state index in [0.717, 1.165) is 19.1 Å². The van der Waals surface area contributed by atoms with Crippen LogP contribution in [0, 0.1) is 5.92 Å². The van der Waals surface area contributed by atoms with Gasteiger partial charge in [-0.15, -0.1) is 0 Å². The summed E-state index contributed by atoms with van der Waals surface area (Å²) < 4.78 is 11.5. The minimum atomic E-state index is 0.0144. The van der Waals surface area contributed by atoms with E-state index < -0.39 is 0 Å². The van der Waals surface area contributed by atoms with E-state index in [1.165, 1.54) is 25.9 Å². The molecule has 0 aromatic heterocycles. The molecule has 2 bridgehead atoms. The van der Waals surface area contributed by atoms with E-state index in [-0.39, 0.29) is 11.9 Å². The topological polar surface area (TPSA) is 21.7 Å². The van der Waals surface area contributed by atoms with Crippen LogP contribution in [0.2, 0.25) is 0 Å². The van der Waals surface area contributed by atoms with Gasteiger partial charge in [0.15, 0.2) is 6.29 Å². The van der Waals surface area contributed by atoms with E-state index in [0.29, 0.717) is 0 Å². The molecule has 3 nitrogen and oxygen atoms in total. The van der Waals surface area contributed by atoms with Crippen molar-refractivity contribution in [3.05, 3.63) is 0 Å². The standard InChI is InChI=1S/C10H17NO2/c1-8-12-7-10(13-8)6-11-4-2-9(10)3-5-11/h8-9H,2-7H2,1H3/t8-,10-/m0/s1. The first-order valence-electron chi connectivity index (χ1n) is 5.30. The van der Waals surface area contributed by atoms with E-state index >= 15 is 0 Å². The summed E-state index contributed by atoms with van der Waals surface area (Å²) in [6, 6.07) is 0. The number of piperidine rings is 3. The van der Waals surface area contributed by atoms with E-state index in [9.17, 15) is 0 Å². The van der Waals surface area contributed by atoms with Gasteiger partial charge in [-0.2, -0.15) is 0 Å². The summed E-state index contributed by atoms with van der Waals surface area (Å²) >= 11 is 0. The molecular weight excluding hydrogens is 166 g/mol. The van der Waals surface area contributed by atoms with Gasteiger partial charge in [0, 0.05) is 6.54 Å². The lowest BCUT2D eigenvalue weighted by molar-refractivity contribution is -0.145. The monoisotopic (exact) mass is 183 g/mol. The molecule has 4 fully saturated rings. The summed E-state index contributed by atoms with van der Waals surface area (Å²) in [5.74, 6) is 0.752. The minimum absolute atomic E-state index is 0.0144. The average Bonchev–Trinajstić information content (AvgIpc) is 2.49. The average molecular weight is 183 g/mol. The van der Waals surface area contributed by atoms with Crippen molar-refractivity contribution in [3.8, 4) is 0 Å². The molecule has 4 aliphatic rings. The van der Waals surface area contributed by atoms with Gasteiger partial charge in [-0.1, -0.05) is 0 Å². The van der Waals surface area contributed by atoms with Crippen molar-refractivity contribution < 1.29 is 9.47 Å². The van der Waals surface area contributed by atoms with Crippen molar-refractivity contribution >= 4 is 0 Å². The molecule has 4 heterocycles. The Kier molecular flexibility index (Phi) is 1.70. The highest BCUT2D eigenvalue weighted by molar-refractivity contribution is 5.01. The van der Waals surface area contributed by atoms with E-state index in [1.54, 1.807) is 0 Å². The molecule has 0 saturated carbocycles. The van der Waals surface area contributed by atoms with Gasteiger partial charge in [0.05, 0.1) is 6.61 Å². The maximum absolute atomic E-state index is 5.96. The zero-order valence-electron chi connectivity index (χ0n) is 8.16. The molecule has 0 radical (unpaired) electrons. The van der Waals surface area contributed by atoms with E-state index in [2.05, 4.69) is 4.90 Å². The van der Waals surface area contributed by atoms with Crippen molar-refractivity contribution in [1.29, 1.82) is 0 Å². The molecule has 0 amide bonds. The molecule has 13 heavy (non-hydrogen) atoms. The van der Waals surface area contributed by atoms with Crippen LogP contribution in [0.15, 0.2) is 0 Å². The fourth-order valence-corrected chi connectivity index (χ4v) is 3.08. The van der Waals surface area contributed by atoms with Gasteiger partial charge in [-0.25, -0.2) is 0 Å². The SMILES string of the molecule is C[C@H]1OC[C@]2(CN3CCC2CC3)O1. The van der Waals surface area contributed by atoms with Crippen LogP contribution in [0.4, 0.5) is 0 Å². The van der Waals surface area contributed by atoms with E-state index in [1.807, 2.05) is 6.92 Å². The van der Waals surface area contributed by atoms with Gasteiger partial charge >= 0.3 is 0 Å². The van der Waals surface area contributed by atoms with Gasteiger partial charge < -0.3 is 14.4 Å². The molecular formula is C10H17NO2. The van der Waals surface area contributed by atoms with Crippen LogP contribution in [-0.2, 0) is 9.47 Å². The molecule has 0 unspecified atom stereocenters. The lowest BCUT2D eigenvalue weighted by Gasteiger charge is -2.50. The Balaban J connectivity index is 1.83. The smallest absolute Gasteiger partial charge is 0.155 e. The summed E-state index contributed by atoms with van der Waals surface area (Å²) in [7, 11) is 0. The quantitative estimate of drug-likeness (QED) is 0.555. The second-order valence-corrected chi connectivity index (χ2v) is 4.61. The first kappa shape index (κ1) is 8.21. The van der Waals surface area contributed by atoms with Gasteiger partial charge in [0.25, 0.3) is 0 Å². The third-order valence-electron chi connectivity index (χ3n) is 3.79. The van der Waals surface area contributed by atoms with Crippen LogP contribution >= 0.6 is 0 Å². The fourth-order valence-electron chi connectivity index (χ4n) is 3.08. The highest BCUT2D eigenvalue weighted by Crippen LogP contribution is 2.42. The normalized spacial score (nSPS) is 54.7. The predicted octanol–water partition coefficient (Wildman–Crippen LogP) is 0.844. The van der Waals surface area contributed by atoms with Crippen LogP contribution in [0.25, 0.3) is 0 Å². The Bertz CT molecular complexity index is 213. The third kappa shape index (κ3) is 1.14. The second-order valence-electron chi connectivity index (χ2n) is 4.61. The highest BCUT2D eigenvalue weighted by Gasteiger charge is 2.51. The minimum Gasteiger partial charge on any atom is -0.350 e. The first-order chi connectivity index (χ1) is 6.28. The molecule has 74 valence electrons. The van der Waals surface area contributed by atoms with Crippen molar-refractivity contribution in [2.24, 2.45) is 5.92 Å². The van der Waals surface area contributed by atoms with Crippen molar-refractivity contribution in [3.63, 3.8) is 0 Å². The molecule has 0 N–H and O–H groups in total. The molecule has 0 aliphatic carbocycles. The number of nitrogens with zero attached hydrogens (tertiary/aromatic N) is 1. The van der Waals surface area contributed by atoms with Crippen LogP contribution in [-0.4, -0.2) is 43.0 Å². The van der Waals surface area contributed by atoms with Gasteiger partial charge in [0.2, 0.25) is 0 Å². The molecule has 4 aliphatic heterocycles. The van der Waals surface area contributed by atoms with Crippen molar-refractivity contribution in [2.75, 3.05) is 26.2 Å². The zero-order valence-corrected chi connectivity index (χ0v) is 8.16. The van der Waals surface area contributed by atoms with E-state index in [4.69, 9.17) is 9.47 Å². The van der Waals surface area contributed by atoms with Crippen molar-refractivity contribution in [1.82, 2.24) is 4.90 Å². The molecule has 2 atom stereocenters. The van der Waals surface area contributed by atoms with Gasteiger partial charge in [-0.3, -0.25) is 0 Å². The number of rotatable bonds is 0. The number of fused-ring (bicyclic) bond motifs is 2. The maximum atomic E-state index is 5.96. The Morgan fingerprint density at radius 1 is 1.31 bits per heavy atom. The number of hydrogen-bond donors (Lipinski definition) is 0. The van der Waals surface area contributed by atoms with Gasteiger partial charge in [-0.05, 0) is 38.8 Å². The predicted molar refractivity (Wildman–Crippen MR) is 48.4 cm³/mol. The molecule has 1 spiro atoms. The summed E-state index contributed by atoms with van der Waals surface area (Å²) in [4.78, 5) is 2.52. The van der Waals surface area contributed by atoms with Crippen molar-refractivity contribution in [2.45, 2.75) is 31.7 Å². The first-order valence-corrected chi connectivity index (χ1v) is 5.30. The molecule has 0 aromatic rings. The third-order valence-corrected chi connectivity index (χ3v) is 3.79. The largest absolute Gasteiger partial charge is 0.350 e. The summed E-state index contributed by atoms with van der Waals surface area (Å²) in [6.45, 7) is 6.46. The second kappa shape index (κ2) is 2.69. The van der Waals surface area contributed by atoms with Crippen LogP contribution in [0.3, 0.4) is 0 Å². The molecule has 0 aromatic carbocycles. The number of hydrogen-bond acceptors (Lipinski definition) is 3. The lowest BCUT2D eigenvalue weighted by Crippen LogP contribution is -2.60. The lowest BCUT2D eigenvalue weighted by atomic mass is 9.76.